The SMILES string of the molecule is CN1CCC(c2onc(C=O)c2Br)CC1. The molecule has 0 aromatic carbocycles. The Bertz CT molecular complexity index is 356. The maximum Gasteiger partial charge on any atom is 0.173 e. The van der Waals surface area contributed by atoms with Crippen LogP contribution in [0.3, 0.4) is 0 Å². The highest BCUT2D eigenvalue weighted by atomic mass is 79.9. The topological polar surface area (TPSA) is 46.3 Å². The average Bonchev–Trinajstić information content (AvgIpc) is 2.61. The predicted octanol–water partition coefficient (Wildman–Crippen LogP) is 2.06. The van der Waals surface area contributed by atoms with Gasteiger partial charge in [-0.05, 0) is 48.9 Å². The Kier molecular flexibility index (Phi) is 3.21. The molecule has 0 radical (unpaired) electrons. The van der Waals surface area contributed by atoms with Gasteiger partial charge in [-0.1, -0.05) is 5.16 Å². The molecule has 0 bridgehead atoms. The number of rotatable bonds is 2. The van der Waals surface area contributed by atoms with Gasteiger partial charge in [-0.25, -0.2) is 0 Å². The zero-order chi connectivity index (χ0) is 10.8. The third-order valence-corrected chi connectivity index (χ3v) is 3.68. The van der Waals surface area contributed by atoms with E-state index in [1.165, 1.54) is 0 Å². The van der Waals surface area contributed by atoms with Crippen LogP contribution in [-0.4, -0.2) is 36.5 Å². The van der Waals surface area contributed by atoms with Crippen LogP contribution in [0.4, 0.5) is 0 Å². The highest BCUT2D eigenvalue weighted by Crippen LogP contribution is 2.33. The van der Waals surface area contributed by atoms with Crippen LogP contribution in [-0.2, 0) is 0 Å². The first-order chi connectivity index (χ1) is 7.22. The smallest absolute Gasteiger partial charge is 0.173 e. The van der Waals surface area contributed by atoms with Crippen molar-refractivity contribution in [2.75, 3.05) is 20.1 Å². The minimum Gasteiger partial charge on any atom is -0.359 e. The summed E-state index contributed by atoms with van der Waals surface area (Å²) in [5.41, 5.74) is 0.365. The minimum absolute atomic E-state index is 0.365. The van der Waals surface area contributed by atoms with E-state index in [1.807, 2.05) is 0 Å². The largest absolute Gasteiger partial charge is 0.359 e. The molecule has 0 aliphatic carbocycles. The van der Waals surface area contributed by atoms with Crippen LogP contribution < -0.4 is 0 Å². The van der Waals surface area contributed by atoms with E-state index >= 15 is 0 Å². The lowest BCUT2D eigenvalue weighted by Crippen LogP contribution is -2.29. The quantitative estimate of drug-likeness (QED) is 0.774. The van der Waals surface area contributed by atoms with Crippen LogP contribution in [0, 0.1) is 0 Å². The zero-order valence-corrected chi connectivity index (χ0v) is 10.2. The van der Waals surface area contributed by atoms with Crippen molar-refractivity contribution in [3.63, 3.8) is 0 Å². The second-order valence-corrected chi connectivity index (χ2v) is 4.73. The Labute approximate surface area is 96.7 Å². The van der Waals surface area contributed by atoms with Gasteiger partial charge in [0.05, 0.1) is 4.47 Å². The number of aldehydes is 1. The van der Waals surface area contributed by atoms with E-state index in [2.05, 4.69) is 33.0 Å². The molecular weight excluding hydrogens is 260 g/mol. The van der Waals surface area contributed by atoms with Crippen molar-refractivity contribution in [2.24, 2.45) is 0 Å². The maximum atomic E-state index is 10.6. The number of aromatic nitrogens is 1. The van der Waals surface area contributed by atoms with Gasteiger partial charge in [0.1, 0.15) is 0 Å². The van der Waals surface area contributed by atoms with Crippen molar-refractivity contribution in [3.8, 4) is 0 Å². The fourth-order valence-electron chi connectivity index (χ4n) is 1.90. The van der Waals surface area contributed by atoms with Gasteiger partial charge in [0, 0.05) is 5.92 Å². The molecule has 2 heterocycles. The second kappa shape index (κ2) is 4.45. The van der Waals surface area contributed by atoms with E-state index in [9.17, 15) is 4.79 Å². The summed E-state index contributed by atoms with van der Waals surface area (Å²) >= 11 is 3.36. The van der Waals surface area contributed by atoms with Gasteiger partial charge >= 0.3 is 0 Å². The molecule has 2 rings (SSSR count). The Morgan fingerprint density at radius 2 is 2.20 bits per heavy atom. The van der Waals surface area contributed by atoms with Crippen LogP contribution in [0.1, 0.15) is 35.0 Å². The Hall–Kier alpha value is -0.680. The molecule has 0 atom stereocenters. The molecule has 5 heteroatoms. The summed E-state index contributed by atoms with van der Waals surface area (Å²) in [4.78, 5) is 12.9. The van der Waals surface area contributed by atoms with Crippen LogP contribution in [0.5, 0.6) is 0 Å². The third-order valence-electron chi connectivity index (χ3n) is 2.88. The fourth-order valence-corrected chi connectivity index (χ4v) is 2.46. The number of likely N-dealkylation sites (tertiary alicyclic amines) is 1. The van der Waals surface area contributed by atoms with Crippen molar-refractivity contribution in [2.45, 2.75) is 18.8 Å². The Balaban J connectivity index is 2.15. The monoisotopic (exact) mass is 272 g/mol. The molecule has 0 N–H and O–H groups in total. The van der Waals surface area contributed by atoms with Gasteiger partial charge in [-0.3, -0.25) is 4.79 Å². The molecule has 1 aromatic rings. The first-order valence-corrected chi connectivity index (χ1v) is 5.80. The van der Waals surface area contributed by atoms with Gasteiger partial charge in [-0.2, -0.15) is 0 Å². The average molecular weight is 273 g/mol. The van der Waals surface area contributed by atoms with Gasteiger partial charge in [0.2, 0.25) is 0 Å². The first-order valence-electron chi connectivity index (χ1n) is 5.01. The molecule has 1 saturated heterocycles. The third kappa shape index (κ3) is 2.13. The molecule has 4 nitrogen and oxygen atoms in total. The van der Waals surface area contributed by atoms with Crippen LogP contribution in [0.15, 0.2) is 9.00 Å². The Morgan fingerprint density at radius 1 is 1.53 bits per heavy atom. The number of piperidine rings is 1. The summed E-state index contributed by atoms with van der Waals surface area (Å²) in [6.45, 7) is 2.13. The lowest BCUT2D eigenvalue weighted by molar-refractivity contribution is 0.111. The van der Waals surface area contributed by atoms with Crippen LogP contribution in [0.2, 0.25) is 0 Å². The Morgan fingerprint density at radius 3 is 2.73 bits per heavy atom. The molecule has 1 fully saturated rings. The van der Waals surface area contributed by atoms with Crippen molar-refractivity contribution in [1.82, 2.24) is 10.1 Å². The standard InChI is InChI=1S/C10H13BrN2O2/c1-13-4-2-7(3-5-13)10-9(11)8(6-14)12-15-10/h6-7H,2-5H2,1H3. The predicted molar refractivity (Wildman–Crippen MR) is 59.1 cm³/mol. The van der Waals surface area contributed by atoms with E-state index in [4.69, 9.17) is 4.52 Å². The van der Waals surface area contributed by atoms with Crippen LogP contribution in [0.25, 0.3) is 0 Å². The minimum atomic E-state index is 0.365. The van der Waals surface area contributed by atoms with Crippen molar-refractivity contribution in [3.05, 3.63) is 15.9 Å². The van der Waals surface area contributed by atoms with Crippen LogP contribution >= 0.6 is 15.9 Å². The van der Waals surface area contributed by atoms with E-state index in [-0.39, 0.29) is 0 Å². The summed E-state index contributed by atoms with van der Waals surface area (Å²) in [6, 6.07) is 0. The highest BCUT2D eigenvalue weighted by Gasteiger charge is 2.25. The summed E-state index contributed by atoms with van der Waals surface area (Å²) in [5, 5.41) is 3.72. The van der Waals surface area contributed by atoms with E-state index in [1.54, 1.807) is 0 Å². The fraction of sp³-hybridized carbons (Fsp3) is 0.600. The summed E-state index contributed by atoms with van der Waals surface area (Å²) in [6.07, 6.45) is 2.83. The molecule has 0 unspecified atom stereocenters. The highest BCUT2D eigenvalue weighted by molar-refractivity contribution is 9.10. The molecular formula is C10H13BrN2O2. The van der Waals surface area contributed by atoms with Gasteiger partial charge in [0.15, 0.2) is 17.7 Å². The summed E-state index contributed by atoms with van der Waals surface area (Å²) in [5.74, 6) is 1.21. The molecule has 1 aliphatic rings. The molecule has 1 aliphatic heterocycles. The molecule has 0 spiro atoms. The van der Waals surface area contributed by atoms with Gasteiger partial charge < -0.3 is 9.42 Å². The van der Waals surface area contributed by atoms with E-state index in [0.717, 1.165) is 36.2 Å². The molecule has 1 aromatic heterocycles. The van der Waals surface area contributed by atoms with Crippen molar-refractivity contribution in [1.29, 1.82) is 0 Å². The van der Waals surface area contributed by atoms with Crippen molar-refractivity contribution < 1.29 is 9.32 Å². The summed E-state index contributed by atoms with van der Waals surface area (Å²) < 4.78 is 5.94. The van der Waals surface area contributed by atoms with Gasteiger partial charge in [-0.15, -0.1) is 0 Å². The normalized spacial score (nSPS) is 19.3. The molecule has 0 amide bonds. The van der Waals surface area contributed by atoms with Crippen molar-refractivity contribution >= 4 is 22.2 Å². The maximum absolute atomic E-state index is 10.6. The van der Waals surface area contributed by atoms with E-state index in [0.29, 0.717) is 17.9 Å². The number of hydrogen-bond donors (Lipinski definition) is 0. The number of carbonyl (C=O) groups excluding carboxylic acids is 1. The lowest BCUT2D eigenvalue weighted by atomic mass is 9.94. The molecule has 15 heavy (non-hydrogen) atoms. The number of carbonyl (C=O) groups is 1. The zero-order valence-electron chi connectivity index (χ0n) is 8.57. The second-order valence-electron chi connectivity index (χ2n) is 3.94. The van der Waals surface area contributed by atoms with Gasteiger partial charge in [0.25, 0.3) is 0 Å². The lowest BCUT2D eigenvalue weighted by Gasteiger charge is -2.27. The molecule has 82 valence electrons. The number of halogens is 1. The number of hydrogen-bond acceptors (Lipinski definition) is 4. The summed E-state index contributed by atoms with van der Waals surface area (Å²) in [7, 11) is 2.11. The van der Waals surface area contributed by atoms with E-state index < -0.39 is 0 Å². The number of nitrogens with zero attached hydrogens (tertiary/aromatic N) is 2. The molecule has 0 saturated carbocycles. The first kappa shape index (κ1) is 10.8.